The maximum Gasteiger partial charge on any atom is 0.163 e. The minimum absolute atomic E-state index is 0.00168. The third-order valence-corrected chi connectivity index (χ3v) is 3.65. The first-order valence-corrected chi connectivity index (χ1v) is 7.12. The van der Waals surface area contributed by atoms with Crippen molar-refractivity contribution in [2.24, 2.45) is 0 Å². The van der Waals surface area contributed by atoms with Gasteiger partial charge >= 0.3 is 0 Å². The Kier molecular flexibility index (Phi) is 3.65. The van der Waals surface area contributed by atoms with Crippen LogP contribution in [0.5, 0.6) is 11.5 Å². The lowest BCUT2D eigenvalue weighted by Gasteiger charge is -2.14. The van der Waals surface area contributed by atoms with Gasteiger partial charge in [0.25, 0.3) is 0 Å². The summed E-state index contributed by atoms with van der Waals surface area (Å²) < 4.78 is 11.7. The van der Waals surface area contributed by atoms with Crippen molar-refractivity contribution in [3.63, 3.8) is 0 Å². The first-order chi connectivity index (χ1) is 10.1. The Morgan fingerprint density at radius 2 is 2.10 bits per heavy atom. The molecule has 2 aromatic carbocycles. The Morgan fingerprint density at radius 3 is 2.90 bits per heavy atom. The van der Waals surface area contributed by atoms with E-state index in [4.69, 9.17) is 9.47 Å². The maximum atomic E-state index is 11.6. The van der Waals surface area contributed by atoms with Crippen LogP contribution < -0.4 is 9.47 Å². The molecule has 2 aromatic rings. The predicted molar refractivity (Wildman–Crippen MR) is 81.2 cm³/mol. The Morgan fingerprint density at radius 1 is 1.29 bits per heavy atom. The Labute approximate surface area is 124 Å². The topological polar surface area (TPSA) is 35.5 Å². The standard InChI is InChI=1S/C18H18O3/c1-12-7-8-17-14(9-12)10-15(21-17)11-20-18-6-4-3-5-16(18)13(2)19/h3-9,15H,10-11H2,1-2H3. The number of ketones is 1. The minimum Gasteiger partial charge on any atom is -0.489 e. The third kappa shape index (κ3) is 2.92. The van der Waals surface area contributed by atoms with Crippen LogP contribution in [0.4, 0.5) is 0 Å². The first kappa shape index (κ1) is 13.7. The molecule has 1 aliphatic rings. The SMILES string of the molecule is CC(=O)c1ccccc1OCC1Cc2cc(C)ccc2O1. The van der Waals surface area contributed by atoms with Gasteiger partial charge in [0.05, 0.1) is 5.56 Å². The van der Waals surface area contributed by atoms with Gasteiger partial charge in [-0.15, -0.1) is 0 Å². The molecule has 3 rings (SSSR count). The quantitative estimate of drug-likeness (QED) is 0.804. The number of rotatable bonds is 4. The second-order valence-corrected chi connectivity index (χ2v) is 5.42. The van der Waals surface area contributed by atoms with Crippen LogP contribution >= 0.6 is 0 Å². The zero-order valence-electron chi connectivity index (χ0n) is 12.3. The highest BCUT2D eigenvalue weighted by Crippen LogP contribution is 2.30. The van der Waals surface area contributed by atoms with Gasteiger partial charge in [-0.25, -0.2) is 0 Å². The van der Waals surface area contributed by atoms with E-state index in [-0.39, 0.29) is 11.9 Å². The van der Waals surface area contributed by atoms with Crippen molar-refractivity contribution < 1.29 is 14.3 Å². The van der Waals surface area contributed by atoms with Crippen molar-refractivity contribution in [1.82, 2.24) is 0 Å². The van der Waals surface area contributed by atoms with Crippen LogP contribution in [0, 0.1) is 6.92 Å². The van der Waals surface area contributed by atoms with Gasteiger partial charge in [-0.2, -0.15) is 0 Å². The van der Waals surface area contributed by atoms with Crippen molar-refractivity contribution in [3.05, 3.63) is 59.2 Å². The van der Waals surface area contributed by atoms with Crippen molar-refractivity contribution in [3.8, 4) is 11.5 Å². The van der Waals surface area contributed by atoms with Crippen molar-refractivity contribution in [2.45, 2.75) is 26.4 Å². The summed E-state index contributed by atoms with van der Waals surface area (Å²) in [7, 11) is 0. The van der Waals surface area contributed by atoms with E-state index in [0.29, 0.717) is 17.9 Å². The molecule has 21 heavy (non-hydrogen) atoms. The van der Waals surface area contributed by atoms with Crippen LogP contribution in [0.25, 0.3) is 0 Å². The smallest absolute Gasteiger partial charge is 0.163 e. The van der Waals surface area contributed by atoms with E-state index in [0.717, 1.165) is 12.2 Å². The van der Waals surface area contributed by atoms with Crippen LogP contribution in [0.2, 0.25) is 0 Å². The normalized spacial score (nSPS) is 16.2. The molecule has 0 N–H and O–H groups in total. The van der Waals surface area contributed by atoms with E-state index in [9.17, 15) is 4.79 Å². The molecule has 0 bridgehead atoms. The molecule has 1 aliphatic heterocycles. The van der Waals surface area contributed by atoms with E-state index in [1.165, 1.54) is 11.1 Å². The van der Waals surface area contributed by atoms with Crippen LogP contribution in [-0.2, 0) is 6.42 Å². The molecule has 0 saturated heterocycles. The molecule has 3 heteroatoms. The van der Waals surface area contributed by atoms with Gasteiger partial charge in [0, 0.05) is 6.42 Å². The van der Waals surface area contributed by atoms with Gasteiger partial charge < -0.3 is 9.47 Å². The molecule has 0 fully saturated rings. The molecule has 0 saturated carbocycles. The average Bonchev–Trinajstić information content (AvgIpc) is 2.87. The second kappa shape index (κ2) is 5.60. The average molecular weight is 282 g/mol. The summed E-state index contributed by atoms with van der Waals surface area (Å²) in [6.07, 6.45) is 0.848. The molecule has 0 aliphatic carbocycles. The summed E-state index contributed by atoms with van der Waals surface area (Å²) in [6, 6.07) is 13.5. The molecular formula is C18H18O3. The lowest BCUT2D eigenvalue weighted by atomic mass is 10.1. The Bertz CT molecular complexity index is 676. The van der Waals surface area contributed by atoms with Crippen LogP contribution in [0.3, 0.4) is 0 Å². The molecule has 1 heterocycles. The highest BCUT2D eigenvalue weighted by atomic mass is 16.5. The van der Waals surface area contributed by atoms with Gasteiger partial charge in [-0.3, -0.25) is 4.79 Å². The molecule has 0 amide bonds. The summed E-state index contributed by atoms with van der Waals surface area (Å²) in [4.78, 5) is 11.6. The lowest BCUT2D eigenvalue weighted by molar-refractivity contribution is 0.100. The van der Waals surface area contributed by atoms with Gasteiger partial charge in [0.2, 0.25) is 0 Å². The first-order valence-electron chi connectivity index (χ1n) is 7.12. The number of aryl methyl sites for hydroxylation is 1. The summed E-state index contributed by atoms with van der Waals surface area (Å²) in [6.45, 7) is 4.07. The molecular weight excluding hydrogens is 264 g/mol. The van der Waals surface area contributed by atoms with Crippen molar-refractivity contribution in [2.75, 3.05) is 6.61 Å². The van der Waals surface area contributed by atoms with Gasteiger partial charge in [-0.1, -0.05) is 29.8 Å². The number of Topliss-reactive ketones (excluding diaryl/α,β-unsaturated/α-hetero) is 1. The number of fused-ring (bicyclic) bond motifs is 1. The molecule has 0 radical (unpaired) electrons. The third-order valence-electron chi connectivity index (χ3n) is 3.65. The van der Waals surface area contributed by atoms with E-state index in [2.05, 4.69) is 13.0 Å². The number of para-hydroxylation sites is 1. The Hall–Kier alpha value is -2.29. The number of carbonyl (C=O) groups is 1. The van der Waals surface area contributed by atoms with Crippen molar-refractivity contribution >= 4 is 5.78 Å². The van der Waals surface area contributed by atoms with E-state index < -0.39 is 0 Å². The van der Waals surface area contributed by atoms with Crippen molar-refractivity contribution in [1.29, 1.82) is 0 Å². The number of carbonyl (C=O) groups excluding carboxylic acids is 1. The zero-order valence-corrected chi connectivity index (χ0v) is 12.3. The second-order valence-electron chi connectivity index (χ2n) is 5.42. The Balaban J connectivity index is 1.67. The molecule has 108 valence electrons. The summed E-state index contributed by atoms with van der Waals surface area (Å²) in [5.74, 6) is 1.58. The summed E-state index contributed by atoms with van der Waals surface area (Å²) in [5.41, 5.74) is 3.08. The van der Waals surface area contributed by atoms with E-state index in [1.54, 1.807) is 13.0 Å². The highest BCUT2D eigenvalue weighted by Gasteiger charge is 2.23. The molecule has 3 nitrogen and oxygen atoms in total. The fraction of sp³-hybridized carbons (Fsp3) is 0.278. The molecule has 0 aromatic heterocycles. The van der Waals surface area contributed by atoms with E-state index >= 15 is 0 Å². The predicted octanol–water partition coefficient (Wildman–Crippen LogP) is 3.58. The molecule has 1 atom stereocenters. The summed E-state index contributed by atoms with van der Waals surface area (Å²) in [5, 5.41) is 0. The molecule has 0 spiro atoms. The molecule has 1 unspecified atom stereocenters. The number of hydrogen-bond donors (Lipinski definition) is 0. The number of ether oxygens (including phenoxy) is 2. The lowest BCUT2D eigenvalue weighted by Crippen LogP contribution is -2.22. The fourth-order valence-corrected chi connectivity index (χ4v) is 2.61. The minimum atomic E-state index is 0.00168. The zero-order chi connectivity index (χ0) is 14.8. The summed E-state index contributed by atoms with van der Waals surface area (Å²) >= 11 is 0. The van der Waals surface area contributed by atoms with Crippen LogP contribution in [-0.4, -0.2) is 18.5 Å². The van der Waals surface area contributed by atoms with Crippen LogP contribution in [0.1, 0.15) is 28.4 Å². The highest BCUT2D eigenvalue weighted by molar-refractivity contribution is 5.96. The number of hydrogen-bond acceptors (Lipinski definition) is 3. The number of benzene rings is 2. The van der Waals surface area contributed by atoms with Gasteiger partial charge in [0.15, 0.2) is 5.78 Å². The largest absolute Gasteiger partial charge is 0.489 e. The van der Waals surface area contributed by atoms with Gasteiger partial charge in [-0.05, 0) is 37.6 Å². The monoisotopic (exact) mass is 282 g/mol. The van der Waals surface area contributed by atoms with Gasteiger partial charge in [0.1, 0.15) is 24.2 Å². The fourth-order valence-electron chi connectivity index (χ4n) is 2.61. The van der Waals surface area contributed by atoms with E-state index in [1.807, 2.05) is 30.3 Å². The maximum absolute atomic E-state index is 11.6. The van der Waals surface area contributed by atoms with Crippen LogP contribution in [0.15, 0.2) is 42.5 Å².